The van der Waals surface area contributed by atoms with Gasteiger partial charge in [-0.25, -0.2) is 4.98 Å². The minimum absolute atomic E-state index is 0.0989. The molecule has 0 spiro atoms. The lowest BCUT2D eigenvalue weighted by atomic mass is 10.1. The zero-order valence-corrected chi connectivity index (χ0v) is 13.0. The molecule has 5 nitrogen and oxygen atoms in total. The van der Waals surface area contributed by atoms with Crippen molar-refractivity contribution in [3.05, 3.63) is 47.7 Å². The van der Waals surface area contributed by atoms with Crippen molar-refractivity contribution in [2.45, 2.75) is 11.4 Å². The molecule has 1 aliphatic rings. The van der Waals surface area contributed by atoms with Crippen LogP contribution in [0.3, 0.4) is 0 Å². The van der Waals surface area contributed by atoms with Gasteiger partial charge in [-0.1, -0.05) is 6.07 Å². The summed E-state index contributed by atoms with van der Waals surface area (Å²) in [5, 5.41) is 3.66. The Morgan fingerprint density at radius 2 is 2.18 bits per heavy atom. The monoisotopic (exact) mass is 316 g/mol. The number of hydrogen-bond acceptors (Lipinski definition) is 5. The highest BCUT2D eigenvalue weighted by Crippen LogP contribution is 2.32. The maximum atomic E-state index is 12.2. The number of pyridine rings is 1. The third-order valence-electron chi connectivity index (χ3n) is 3.35. The molecule has 0 aliphatic carbocycles. The van der Waals surface area contributed by atoms with E-state index in [9.17, 15) is 4.79 Å². The molecule has 1 aromatic heterocycles. The van der Waals surface area contributed by atoms with Crippen molar-refractivity contribution in [2.24, 2.45) is 0 Å². The molecule has 0 bridgehead atoms. The van der Waals surface area contributed by atoms with E-state index in [-0.39, 0.29) is 12.7 Å². The molecule has 0 unspecified atom stereocenters. The second-order valence-electron chi connectivity index (χ2n) is 4.75. The van der Waals surface area contributed by atoms with Crippen molar-refractivity contribution in [1.82, 2.24) is 10.3 Å². The third kappa shape index (κ3) is 3.17. The number of nitrogens with zero attached hydrogens (tertiary/aromatic N) is 1. The number of hydrogen-bond donors (Lipinski definition) is 1. The van der Waals surface area contributed by atoms with Crippen LogP contribution >= 0.6 is 11.8 Å². The van der Waals surface area contributed by atoms with Gasteiger partial charge in [0.15, 0.2) is 11.5 Å². The summed E-state index contributed by atoms with van der Waals surface area (Å²) in [7, 11) is 0. The van der Waals surface area contributed by atoms with Gasteiger partial charge in [0.05, 0.1) is 5.56 Å². The molecule has 1 aliphatic heterocycles. The van der Waals surface area contributed by atoms with Gasteiger partial charge in [-0.05, 0) is 42.5 Å². The van der Waals surface area contributed by atoms with Gasteiger partial charge in [-0.3, -0.25) is 4.79 Å². The molecule has 1 amide bonds. The molecule has 0 saturated heterocycles. The zero-order valence-electron chi connectivity index (χ0n) is 12.2. The molecule has 6 heteroatoms. The molecule has 22 heavy (non-hydrogen) atoms. The largest absolute Gasteiger partial charge is 0.454 e. The van der Waals surface area contributed by atoms with Crippen LogP contribution in [0.5, 0.6) is 11.5 Å². The van der Waals surface area contributed by atoms with Gasteiger partial charge in [-0.2, -0.15) is 0 Å². The Morgan fingerprint density at radius 3 is 3.05 bits per heavy atom. The lowest BCUT2D eigenvalue weighted by Gasteiger charge is -2.08. The van der Waals surface area contributed by atoms with E-state index in [0.29, 0.717) is 12.1 Å². The maximum absolute atomic E-state index is 12.2. The summed E-state index contributed by atoms with van der Waals surface area (Å²) in [4.78, 5) is 16.4. The van der Waals surface area contributed by atoms with E-state index in [1.165, 1.54) is 11.8 Å². The molecule has 3 rings (SSSR count). The summed E-state index contributed by atoms with van der Waals surface area (Å²) in [6.45, 7) is 0.829. The Bertz CT molecular complexity index is 691. The molecular weight excluding hydrogens is 300 g/mol. The van der Waals surface area contributed by atoms with Crippen LogP contribution in [0.15, 0.2) is 41.6 Å². The minimum atomic E-state index is -0.0989. The Kier molecular flexibility index (Phi) is 4.48. The number of amides is 1. The van der Waals surface area contributed by atoms with Crippen LogP contribution < -0.4 is 14.8 Å². The smallest absolute Gasteiger partial charge is 0.254 e. The number of carbonyl (C=O) groups is 1. The van der Waals surface area contributed by atoms with Crippen LogP contribution in [-0.2, 0) is 6.42 Å². The number of benzene rings is 1. The van der Waals surface area contributed by atoms with E-state index in [2.05, 4.69) is 10.3 Å². The molecule has 0 saturated carbocycles. The number of fused-ring (bicyclic) bond motifs is 1. The SMILES string of the molecule is CSc1ncccc1C(=O)NCCc1ccc2c(c1)OCO2. The van der Waals surface area contributed by atoms with Gasteiger partial charge >= 0.3 is 0 Å². The van der Waals surface area contributed by atoms with Gasteiger partial charge < -0.3 is 14.8 Å². The van der Waals surface area contributed by atoms with Crippen LogP contribution in [0, 0.1) is 0 Å². The number of carbonyl (C=O) groups excluding carboxylic acids is 1. The van der Waals surface area contributed by atoms with Crippen LogP contribution in [0.2, 0.25) is 0 Å². The van der Waals surface area contributed by atoms with Crippen LogP contribution in [0.1, 0.15) is 15.9 Å². The molecule has 0 radical (unpaired) electrons. The topological polar surface area (TPSA) is 60.5 Å². The molecule has 114 valence electrons. The highest BCUT2D eigenvalue weighted by molar-refractivity contribution is 7.98. The fourth-order valence-electron chi connectivity index (χ4n) is 2.24. The van der Waals surface area contributed by atoms with Crippen molar-refractivity contribution < 1.29 is 14.3 Å². The number of nitrogens with one attached hydrogen (secondary N) is 1. The lowest BCUT2D eigenvalue weighted by Crippen LogP contribution is -2.26. The molecule has 2 aromatic rings. The summed E-state index contributed by atoms with van der Waals surface area (Å²) in [6.07, 6.45) is 4.33. The third-order valence-corrected chi connectivity index (χ3v) is 4.06. The maximum Gasteiger partial charge on any atom is 0.254 e. The summed E-state index contributed by atoms with van der Waals surface area (Å²) in [5.41, 5.74) is 1.71. The van der Waals surface area contributed by atoms with E-state index in [4.69, 9.17) is 9.47 Å². The van der Waals surface area contributed by atoms with Gasteiger partial charge in [0.2, 0.25) is 6.79 Å². The average molecular weight is 316 g/mol. The Morgan fingerprint density at radius 1 is 1.32 bits per heavy atom. The Hall–Kier alpha value is -2.21. The number of thioether (sulfide) groups is 1. The molecule has 0 atom stereocenters. The number of rotatable bonds is 5. The second-order valence-corrected chi connectivity index (χ2v) is 5.55. The zero-order chi connectivity index (χ0) is 15.4. The Labute approximate surface area is 133 Å². The van der Waals surface area contributed by atoms with Gasteiger partial charge in [0, 0.05) is 12.7 Å². The minimum Gasteiger partial charge on any atom is -0.454 e. The number of ether oxygens (including phenoxy) is 2. The molecule has 0 fully saturated rings. The predicted molar refractivity (Wildman–Crippen MR) is 84.6 cm³/mol. The van der Waals surface area contributed by atoms with Crippen molar-refractivity contribution >= 4 is 17.7 Å². The van der Waals surface area contributed by atoms with E-state index >= 15 is 0 Å². The summed E-state index contributed by atoms with van der Waals surface area (Å²) in [5.74, 6) is 1.44. The standard InChI is InChI=1S/C16H16N2O3S/c1-22-16-12(3-2-7-18-16)15(19)17-8-6-11-4-5-13-14(9-11)21-10-20-13/h2-5,7,9H,6,8,10H2,1H3,(H,17,19). The Balaban J connectivity index is 1.58. The highest BCUT2D eigenvalue weighted by atomic mass is 32.2. The average Bonchev–Trinajstić information content (AvgIpc) is 3.02. The molecule has 1 N–H and O–H groups in total. The van der Waals surface area contributed by atoms with Gasteiger partial charge in [0.25, 0.3) is 5.91 Å². The van der Waals surface area contributed by atoms with Gasteiger partial charge in [-0.15, -0.1) is 11.8 Å². The van der Waals surface area contributed by atoms with Crippen LogP contribution in [0.25, 0.3) is 0 Å². The lowest BCUT2D eigenvalue weighted by molar-refractivity contribution is 0.0950. The van der Waals surface area contributed by atoms with Crippen LogP contribution in [-0.4, -0.2) is 30.5 Å². The van der Waals surface area contributed by atoms with Crippen molar-refractivity contribution in [3.8, 4) is 11.5 Å². The summed E-state index contributed by atoms with van der Waals surface area (Å²) in [6, 6.07) is 9.39. The van der Waals surface area contributed by atoms with Crippen LogP contribution in [0.4, 0.5) is 0 Å². The first-order valence-corrected chi connectivity index (χ1v) is 8.16. The highest BCUT2D eigenvalue weighted by Gasteiger charge is 2.14. The van der Waals surface area contributed by atoms with E-state index in [0.717, 1.165) is 28.5 Å². The van der Waals surface area contributed by atoms with E-state index in [1.807, 2.05) is 24.5 Å². The quantitative estimate of drug-likeness (QED) is 0.859. The first-order valence-electron chi connectivity index (χ1n) is 6.93. The predicted octanol–water partition coefficient (Wildman–Crippen LogP) is 2.50. The van der Waals surface area contributed by atoms with E-state index in [1.54, 1.807) is 18.3 Å². The fraction of sp³-hybridized carbons (Fsp3) is 0.250. The van der Waals surface area contributed by atoms with Crippen molar-refractivity contribution in [3.63, 3.8) is 0 Å². The van der Waals surface area contributed by atoms with E-state index < -0.39 is 0 Å². The van der Waals surface area contributed by atoms with Crippen molar-refractivity contribution in [2.75, 3.05) is 19.6 Å². The number of aromatic nitrogens is 1. The summed E-state index contributed by atoms with van der Waals surface area (Å²) >= 11 is 1.46. The molecular formula is C16H16N2O3S. The van der Waals surface area contributed by atoms with Crippen molar-refractivity contribution in [1.29, 1.82) is 0 Å². The summed E-state index contributed by atoms with van der Waals surface area (Å²) < 4.78 is 10.6. The molecule has 2 heterocycles. The normalized spacial score (nSPS) is 12.2. The van der Waals surface area contributed by atoms with Gasteiger partial charge in [0.1, 0.15) is 5.03 Å². The second kappa shape index (κ2) is 6.70. The molecule has 1 aromatic carbocycles. The fourth-order valence-corrected chi connectivity index (χ4v) is 2.79. The first kappa shape index (κ1) is 14.7. The first-order chi connectivity index (χ1) is 10.8.